The van der Waals surface area contributed by atoms with E-state index in [4.69, 9.17) is 0 Å². The van der Waals surface area contributed by atoms with Crippen LogP contribution in [0.25, 0.3) is 5.69 Å². The van der Waals surface area contributed by atoms with Crippen molar-refractivity contribution < 1.29 is 9.18 Å². The maximum absolute atomic E-state index is 14.1. The van der Waals surface area contributed by atoms with E-state index in [1.807, 2.05) is 6.92 Å². The highest BCUT2D eigenvalue weighted by molar-refractivity contribution is 7.09. The van der Waals surface area contributed by atoms with Gasteiger partial charge in [0.15, 0.2) is 5.82 Å². The van der Waals surface area contributed by atoms with Crippen LogP contribution in [0.3, 0.4) is 0 Å². The molecule has 3 rings (SSSR count). The summed E-state index contributed by atoms with van der Waals surface area (Å²) in [5.74, 6) is -0.468. The second kappa shape index (κ2) is 6.57. The lowest BCUT2D eigenvalue weighted by Gasteiger charge is -2.09. The summed E-state index contributed by atoms with van der Waals surface area (Å²) < 4.78 is 15.5. The number of carbonyl (C=O) groups excluding carboxylic acids is 1. The molecule has 0 fully saturated rings. The number of amides is 2. The van der Waals surface area contributed by atoms with E-state index in [1.54, 1.807) is 36.1 Å². The fourth-order valence-electron chi connectivity index (χ4n) is 2.01. The molecule has 2 amide bonds. The number of hydrogen-bond acceptors (Lipinski definition) is 4. The highest BCUT2D eigenvalue weighted by Gasteiger charge is 2.09. The molecule has 23 heavy (non-hydrogen) atoms. The molecule has 0 atom stereocenters. The molecule has 8 heteroatoms. The highest BCUT2D eigenvalue weighted by atomic mass is 32.1. The fourth-order valence-corrected chi connectivity index (χ4v) is 2.73. The molecule has 0 aliphatic rings. The van der Waals surface area contributed by atoms with Gasteiger partial charge in [-0.15, -0.1) is 11.3 Å². The Morgan fingerprint density at radius 1 is 1.43 bits per heavy atom. The number of halogens is 1. The van der Waals surface area contributed by atoms with Gasteiger partial charge < -0.3 is 10.6 Å². The summed E-state index contributed by atoms with van der Waals surface area (Å²) in [7, 11) is 0. The summed E-state index contributed by atoms with van der Waals surface area (Å²) in [6.45, 7) is 2.27. The number of aryl methyl sites for hydroxylation is 1. The highest BCUT2D eigenvalue weighted by Crippen LogP contribution is 2.17. The van der Waals surface area contributed by atoms with Crippen molar-refractivity contribution in [2.45, 2.75) is 13.5 Å². The topological polar surface area (TPSA) is 71.8 Å². The maximum Gasteiger partial charge on any atom is 0.319 e. The Morgan fingerprint density at radius 3 is 2.96 bits per heavy atom. The van der Waals surface area contributed by atoms with Gasteiger partial charge in [0.05, 0.1) is 17.7 Å². The molecule has 2 N–H and O–H groups in total. The number of thiazole rings is 1. The van der Waals surface area contributed by atoms with Crippen LogP contribution >= 0.6 is 11.3 Å². The van der Waals surface area contributed by atoms with Crippen molar-refractivity contribution in [3.05, 3.63) is 58.6 Å². The molecule has 0 unspecified atom stereocenters. The number of urea groups is 1. The van der Waals surface area contributed by atoms with Crippen LogP contribution in [0.1, 0.15) is 10.6 Å². The van der Waals surface area contributed by atoms with Crippen molar-refractivity contribution >= 4 is 23.1 Å². The van der Waals surface area contributed by atoms with Gasteiger partial charge in [-0.3, -0.25) is 0 Å². The van der Waals surface area contributed by atoms with Crippen molar-refractivity contribution in [1.29, 1.82) is 0 Å². The number of anilines is 1. The minimum Gasteiger partial charge on any atom is -0.333 e. The molecule has 6 nitrogen and oxygen atoms in total. The van der Waals surface area contributed by atoms with Crippen molar-refractivity contribution in [3.63, 3.8) is 0 Å². The van der Waals surface area contributed by atoms with Gasteiger partial charge in [0, 0.05) is 23.0 Å². The zero-order chi connectivity index (χ0) is 16.2. The first kappa shape index (κ1) is 15.2. The molecular weight excluding hydrogens is 317 g/mol. The lowest BCUT2D eigenvalue weighted by Crippen LogP contribution is -2.28. The average Bonchev–Trinajstić information content (AvgIpc) is 3.17. The first-order valence-electron chi connectivity index (χ1n) is 6.87. The number of rotatable bonds is 4. The summed E-state index contributed by atoms with van der Waals surface area (Å²) in [5.41, 5.74) is 3.32. The van der Waals surface area contributed by atoms with Crippen LogP contribution in [-0.4, -0.2) is 20.8 Å². The SMILES string of the molecule is Cc1ncsc1CNC(=O)Nc1ccc(-n2cccn2)c(F)c1. The number of nitrogens with zero attached hydrogens (tertiary/aromatic N) is 3. The number of nitrogens with one attached hydrogen (secondary N) is 2. The third-order valence-electron chi connectivity index (χ3n) is 3.21. The minimum absolute atomic E-state index is 0.321. The molecule has 118 valence electrons. The van der Waals surface area contributed by atoms with Gasteiger partial charge in [0.25, 0.3) is 0 Å². The molecule has 0 spiro atoms. The fraction of sp³-hybridized carbons (Fsp3) is 0.133. The summed E-state index contributed by atoms with van der Waals surface area (Å²) in [5, 5.41) is 9.29. The van der Waals surface area contributed by atoms with Gasteiger partial charge in [-0.05, 0) is 31.2 Å². The van der Waals surface area contributed by atoms with Crippen molar-refractivity contribution in [1.82, 2.24) is 20.1 Å². The van der Waals surface area contributed by atoms with Crippen LogP contribution in [0.15, 0.2) is 42.2 Å². The van der Waals surface area contributed by atoms with E-state index in [-0.39, 0.29) is 0 Å². The second-order valence-corrected chi connectivity index (χ2v) is 5.72. The van der Waals surface area contributed by atoms with E-state index < -0.39 is 11.8 Å². The van der Waals surface area contributed by atoms with Gasteiger partial charge in [0.1, 0.15) is 5.69 Å². The van der Waals surface area contributed by atoms with Crippen molar-refractivity contribution in [2.24, 2.45) is 0 Å². The number of carbonyl (C=O) groups is 1. The summed E-state index contributed by atoms with van der Waals surface area (Å²) >= 11 is 1.48. The molecule has 1 aromatic carbocycles. The van der Waals surface area contributed by atoms with E-state index in [9.17, 15) is 9.18 Å². The largest absolute Gasteiger partial charge is 0.333 e. The predicted octanol–water partition coefficient (Wildman–Crippen LogP) is 3.10. The zero-order valence-corrected chi connectivity index (χ0v) is 13.1. The van der Waals surface area contributed by atoms with Gasteiger partial charge in [-0.25, -0.2) is 18.9 Å². The molecule has 2 heterocycles. The molecule has 0 aliphatic carbocycles. The van der Waals surface area contributed by atoms with Crippen LogP contribution < -0.4 is 10.6 Å². The van der Waals surface area contributed by atoms with E-state index in [0.29, 0.717) is 17.9 Å². The average molecular weight is 331 g/mol. The van der Waals surface area contributed by atoms with Crippen LogP contribution in [-0.2, 0) is 6.54 Å². The Balaban J connectivity index is 1.63. The number of hydrogen-bond donors (Lipinski definition) is 2. The molecule has 3 aromatic rings. The van der Waals surface area contributed by atoms with E-state index in [0.717, 1.165) is 10.6 Å². The van der Waals surface area contributed by atoms with Crippen LogP contribution in [0.5, 0.6) is 0 Å². The van der Waals surface area contributed by atoms with Crippen molar-refractivity contribution in [3.8, 4) is 5.69 Å². The van der Waals surface area contributed by atoms with Gasteiger partial charge in [-0.2, -0.15) is 5.10 Å². The third-order valence-corrected chi connectivity index (χ3v) is 4.15. The van der Waals surface area contributed by atoms with Gasteiger partial charge in [0.2, 0.25) is 0 Å². The Labute approximate surface area is 136 Å². The first-order valence-corrected chi connectivity index (χ1v) is 7.75. The zero-order valence-electron chi connectivity index (χ0n) is 12.3. The smallest absolute Gasteiger partial charge is 0.319 e. The quantitative estimate of drug-likeness (QED) is 0.772. The molecule has 0 bridgehead atoms. The third kappa shape index (κ3) is 3.54. The van der Waals surface area contributed by atoms with Crippen LogP contribution in [0, 0.1) is 12.7 Å². The van der Waals surface area contributed by atoms with Gasteiger partial charge >= 0.3 is 6.03 Å². The van der Waals surface area contributed by atoms with Crippen molar-refractivity contribution in [2.75, 3.05) is 5.32 Å². The molecule has 2 aromatic heterocycles. The normalized spacial score (nSPS) is 10.5. The number of benzene rings is 1. The van der Waals surface area contributed by atoms with Crippen LogP contribution in [0.4, 0.5) is 14.9 Å². The summed E-state index contributed by atoms with van der Waals surface area (Å²) in [4.78, 5) is 17.0. The summed E-state index contributed by atoms with van der Waals surface area (Å²) in [6.07, 6.45) is 3.22. The Bertz CT molecular complexity index is 815. The standard InChI is InChI=1S/C15H14FN5OS/c1-10-14(23-9-18-10)8-17-15(22)20-11-3-4-13(12(16)7-11)21-6-2-5-19-21/h2-7,9H,8H2,1H3,(H2,17,20,22). The Hall–Kier alpha value is -2.74. The minimum atomic E-state index is -0.468. The number of aromatic nitrogens is 3. The Morgan fingerprint density at radius 2 is 2.30 bits per heavy atom. The van der Waals surface area contributed by atoms with Crippen LogP contribution in [0.2, 0.25) is 0 Å². The molecule has 0 saturated heterocycles. The monoisotopic (exact) mass is 331 g/mol. The summed E-state index contributed by atoms with van der Waals surface area (Å²) in [6, 6.07) is 5.75. The molecule has 0 radical (unpaired) electrons. The lowest BCUT2D eigenvalue weighted by molar-refractivity contribution is 0.252. The first-order chi connectivity index (χ1) is 11.1. The van der Waals surface area contributed by atoms with E-state index in [1.165, 1.54) is 22.1 Å². The molecular formula is C15H14FN5OS. The Kier molecular flexibility index (Phi) is 4.33. The predicted molar refractivity (Wildman–Crippen MR) is 86.2 cm³/mol. The second-order valence-electron chi connectivity index (χ2n) is 4.79. The molecule has 0 saturated carbocycles. The maximum atomic E-state index is 14.1. The lowest BCUT2D eigenvalue weighted by atomic mass is 10.2. The van der Waals surface area contributed by atoms with Gasteiger partial charge in [-0.1, -0.05) is 0 Å². The molecule has 0 aliphatic heterocycles. The van der Waals surface area contributed by atoms with E-state index in [2.05, 4.69) is 20.7 Å². The van der Waals surface area contributed by atoms with E-state index >= 15 is 0 Å².